The zero-order valence-corrected chi connectivity index (χ0v) is 8.61. The van der Waals surface area contributed by atoms with Gasteiger partial charge in [0, 0.05) is 0 Å². The lowest BCUT2D eigenvalue weighted by molar-refractivity contribution is -0.138. The summed E-state index contributed by atoms with van der Waals surface area (Å²) in [6, 6.07) is 0. The normalized spacial score (nSPS) is 17.6. The lowest BCUT2D eigenvalue weighted by Gasteiger charge is -2.41. The summed E-state index contributed by atoms with van der Waals surface area (Å²) in [5.41, 5.74) is -0.455. The van der Waals surface area contributed by atoms with Crippen LogP contribution in [0.25, 0.3) is 0 Å². The van der Waals surface area contributed by atoms with E-state index in [-0.39, 0.29) is 12.4 Å². The van der Waals surface area contributed by atoms with Crippen molar-refractivity contribution in [3.8, 4) is 0 Å². The molecule has 2 rings (SSSR count). The Kier molecular flexibility index (Phi) is 2.72. The molecule has 0 saturated heterocycles. The molecule has 16 heavy (non-hydrogen) atoms. The van der Waals surface area contributed by atoms with Crippen molar-refractivity contribution in [2.75, 3.05) is 5.32 Å². The van der Waals surface area contributed by atoms with Gasteiger partial charge >= 0.3 is 5.97 Å². The number of carboxylic acids is 1. The van der Waals surface area contributed by atoms with E-state index in [1.807, 2.05) is 0 Å². The number of carboxylic acid groups (broad SMARTS) is 1. The SMILES string of the molecule is O=C(O)CC1(Nc2ncc(F)cn2)CCC1. The van der Waals surface area contributed by atoms with Crippen LogP contribution in [0.2, 0.25) is 0 Å². The van der Waals surface area contributed by atoms with Gasteiger partial charge in [-0.3, -0.25) is 4.79 Å². The monoisotopic (exact) mass is 225 g/mol. The van der Waals surface area contributed by atoms with Crippen LogP contribution in [0, 0.1) is 5.82 Å². The topological polar surface area (TPSA) is 75.1 Å². The van der Waals surface area contributed by atoms with E-state index >= 15 is 0 Å². The number of nitrogens with one attached hydrogen (secondary N) is 1. The Morgan fingerprint density at radius 1 is 1.50 bits per heavy atom. The van der Waals surface area contributed by atoms with Crippen molar-refractivity contribution in [1.29, 1.82) is 0 Å². The number of hydrogen-bond donors (Lipinski definition) is 2. The Morgan fingerprint density at radius 2 is 2.12 bits per heavy atom. The minimum absolute atomic E-state index is 0.0355. The molecular weight excluding hydrogens is 213 g/mol. The third kappa shape index (κ3) is 2.26. The molecule has 0 unspecified atom stereocenters. The second kappa shape index (κ2) is 4.03. The van der Waals surface area contributed by atoms with Gasteiger partial charge in [-0.2, -0.15) is 0 Å². The number of nitrogens with zero attached hydrogens (tertiary/aromatic N) is 2. The Labute approximate surface area is 91.7 Å². The summed E-state index contributed by atoms with van der Waals surface area (Å²) in [7, 11) is 0. The maximum Gasteiger partial charge on any atom is 0.305 e. The van der Waals surface area contributed by atoms with Crippen LogP contribution in [0.4, 0.5) is 10.3 Å². The van der Waals surface area contributed by atoms with Crippen molar-refractivity contribution < 1.29 is 14.3 Å². The van der Waals surface area contributed by atoms with Crippen LogP contribution in [0.15, 0.2) is 12.4 Å². The van der Waals surface area contributed by atoms with E-state index in [4.69, 9.17) is 5.11 Å². The van der Waals surface area contributed by atoms with Gasteiger partial charge in [-0.15, -0.1) is 0 Å². The predicted molar refractivity (Wildman–Crippen MR) is 54.4 cm³/mol. The highest BCUT2D eigenvalue weighted by molar-refractivity contribution is 5.69. The molecule has 6 heteroatoms. The first-order valence-electron chi connectivity index (χ1n) is 5.07. The number of aliphatic carboxylic acids is 1. The standard InChI is InChI=1S/C10H12FN3O2/c11-7-5-12-9(13-6-7)14-10(2-1-3-10)4-8(15)16/h5-6H,1-4H2,(H,15,16)(H,12,13,14). The van der Waals surface area contributed by atoms with Gasteiger partial charge < -0.3 is 10.4 Å². The van der Waals surface area contributed by atoms with Gasteiger partial charge in [0.25, 0.3) is 0 Å². The van der Waals surface area contributed by atoms with Gasteiger partial charge in [0.15, 0.2) is 5.82 Å². The Balaban J connectivity index is 2.06. The van der Waals surface area contributed by atoms with Gasteiger partial charge in [0.1, 0.15) is 0 Å². The molecule has 1 saturated carbocycles. The molecule has 0 radical (unpaired) electrons. The maximum absolute atomic E-state index is 12.6. The van der Waals surface area contributed by atoms with Crippen LogP contribution in [0.1, 0.15) is 25.7 Å². The first-order valence-corrected chi connectivity index (χ1v) is 5.07. The molecule has 0 spiro atoms. The number of carbonyl (C=O) groups is 1. The van der Waals surface area contributed by atoms with Crippen molar-refractivity contribution in [2.24, 2.45) is 0 Å². The van der Waals surface area contributed by atoms with Crippen molar-refractivity contribution in [1.82, 2.24) is 9.97 Å². The van der Waals surface area contributed by atoms with Gasteiger partial charge in [0.05, 0.1) is 24.4 Å². The summed E-state index contributed by atoms with van der Waals surface area (Å²) in [5.74, 6) is -1.08. The summed E-state index contributed by atoms with van der Waals surface area (Å²) in [5, 5.41) is 11.8. The zero-order chi connectivity index (χ0) is 11.6. The summed E-state index contributed by atoms with van der Waals surface area (Å²) < 4.78 is 12.6. The Bertz CT molecular complexity index is 390. The molecule has 1 heterocycles. The van der Waals surface area contributed by atoms with Crippen molar-refractivity contribution in [2.45, 2.75) is 31.2 Å². The fraction of sp³-hybridized carbons (Fsp3) is 0.500. The molecule has 86 valence electrons. The minimum Gasteiger partial charge on any atom is -0.481 e. The van der Waals surface area contributed by atoms with Crippen LogP contribution in [0.3, 0.4) is 0 Å². The van der Waals surface area contributed by atoms with E-state index in [0.717, 1.165) is 31.7 Å². The molecule has 0 amide bonds. The number of anilines is 1. The highest BCUT2D eigenvalue weighted by Crippen LogP contribution is 2.37. The number of halogens is 1. The molecule has 2 N–H and O–H groups in total. The maximum atomic E-state index is 12.6. The van der Waals surface area contributed by atoms with Crippen molar-refractivity contribution in [3.63, 3.8) is 0 Å². The average Bonchev–Trinajstić information content (AvgIpc) is 2.17. The number of hydrogen-bond acceptors (Lipinski definition) is 4. The van der Waals surface area contributed by atoms with Crippen LogP contribution in [0.5, 0.6) is 0 Å². The van der Waals surface area contributed by atoms with E-state index in [2.05, 4.69) is 15.3 Å². The lowest BCUT2D eigenvalue weighted by atomic mass is 9.74. The number of aromatic nitrogens is 2. The third-order valence-electron chi connectivity index (χ3n) is 2.80. The molecular formula is C10H12FN3O2. The quantitative estimate of drug-likeness (QED) is 0.810. The largest absolute Gasteiger partial charge is 0.481 e. The van der Waals surface area contributed by atoms with Crippen LogP contribution >= 0.6 is 0 Å². The molecule has 1 fully saturated rings. The van der Waals surface area contributed by atoms with Gasteiger partial charge in [-0.25, -0.2) is 14.4 Å². The molecule has 0 bridgehead atoms. The van der Waals surface area contributed by atoms with E-state index in [0.29, 0.717) is 0 Å². The van der Waals surface area contributed by atoms with Gasteiger partial charge in [-0.1, -0.05) is 0 Å². The fourth-order valence-electron chi connectivity index (χ4n) is 1.85. The molecule has 0 aromatic carbocycles. The average molecular weight is 225 g/mol. The predicted octanol–water partition coefficient (Wildman–Crippen LogP) is 1.43. The van der Waals surface area contributed by atoms with Crippen LogP contribution in [-0.2, 0) is 4.79 Å². The summed E-state index contributed by atoms with van der Waals surface area (Å²) >= 11 is 0. The zero-order valence-electron chi connectivity index (χ0n) is 8.61. The molecule has 5 nitrogen and oxygen atoms in total. The molecule has 1 aliphatic carbocycles. The van der Waals surface area contributed by atoms with E-state index in [1.54, 1.807) is 0 Å². The highest BCUT2D eigenvalue weighted by Gasteiger charge is 2.39. The van der Waals surface area contributed by atoms with Crippen LogP contribution in [-0.4, -0.2) is 26.6 Å². The number of rotatable bonds is 4. The van der Waals surface area contributed by atoms with Crippen LogP contribution < -0.4 is 5.32 Å². The van der Waals surface area contributed by atoms with Gasteiger partial charge in [0.2, 0.25) is 5.95 Å². The smallest absolute Gasteiger partial charge is 0.305 e. The lowest BCUT2D eigenvalue weighted by Crippen LogP contribution is -2.47. The summed E-state index contributed by atoms with van der Waals surface area (Å²) in [6.07, 6.45) is 4.69. The first kappa shape index (κ1) is 10.8. The Morgan fingerprint density at radius 3 is 2.56 bits per heavy atom. The minimum atomic E-state index is -0.852. The van der Waals surface area contributed by atoms with E-state index in [1.165, 1.54) is 0 Å². The molecule has 0 aliphatic heterocycles. The molecule has 1 aromatic heterocycles. The van der Waals surface area contributed by atoms with E-state index in [9.17, 15) is 9.18 Å². The first-order chi connectivity index (χ1) is 7.60. The van der Waals surface area contributed by atoms with Crippen molar-refractivity contribution >= 4 is 11.9 Å². The third-order valence-corrected chi connectivity index (χ3v) is 2.80. The van der Waals surface area contributed by atoms with Crippen molar-refractivity contribution in [3.05, 3.63) is 18.2 Å². The highest BCUT2D eigenvalue weighted by atomic mass is 19.1. The molecule has 1 aromatic rings. The van der Waals surface area contributed by atoms with Gasteiger partial charge in [-0.05, 0) is 19.3 Å². The fourth-order valence-corrected chi connectivity index (χ4v) is 1.85. The second-order valence-electron chi connectivity index (χ2n) is 4.05. The summed E-state index contributed by atoms with van der Waals surface area (Å²) in [6.45, 7) is 0. The second-order valence-corrected chi connectivity index (χ2v) is 4.05. The molecule has 1 aliphatic rings. The Hall–Kier alpha value is -1.72. The summed E-state index contributed by atoms with van der Waals surface area (Å²) in [4.78, 5) is 18.2. The molecule has 0 atom stereocenters. The van der Waals surface area contributed by atoms with E-state index < -0.39 is 17.3 Å².